The van der Waals surface area contributed by atoms with Gasteiger partial charge in [0, 0.05) is 5.88 Å². The number of fused-ring (bicyclic) bond motifs is 1. The first-order chi connectivity index (χ1) is 8.50. The highest BCUT2D eigenvalue weighted by atomic mass is 35.5. The summed E-state index contributed by atoms with van der Waals surface area (Å²) in [7, 11) is 0. The molecule has 0 atom stereocenters. The Balaban J connectivity index is 2.23. The molecule has 98 valence electrons. The second-order valence-electron chi connectivity index (χ2n) is 3.93. The first-order valence-corrected chi connectivity index (χ1v) is 6.88. The largest absolute Gasteiger partial charge is 0.416 e. The van der Waals surface area contributed by atoms with Gasteiger partial charge in [-0.25, -0.2) is 4.98 Å². The Bertz CT molecular complexity index is 536. The molecule has 0 aliphatic rings. The molecule has 1 heterocycles. The minimum absolute atomic E-state index is 0.427. The van der Waals surface area contributed by atoms with Crippen LogP contribution >= 0.6 is 22.9 Å². The van der Waals surface area contributed by atoms with Crippen LogP contribution in [-0.4, -0.2) is 10.9 Å². The van der Waals surface area contributed by atoms with Crippen molar-refractivity contribution < 1.29 is 13.2 Å². The molecular weight excluding hydrogens is 283 g/mol. The Labute approximate surface area is 112 Å². The molecule has 0 aliphatic carbocycles. The van der Waals surface area contributed by atoms with Crippen molar-refractivity contribution in [1.29, 1.82) is 0 Å². The Kier molecular flexibility index (Phi) is 4.12. The van der Waals surface area contributed by atoms with Crippen molar-refractivity contribution in [3.63, 3.8) is 0 Å². The number of hydrogen-bond acceptors (Lipinski definition) is 2. The number of alkyl halides is 4. The van der Waals surface area contributed by atoms with E-state index >= 15 is 0 Å². The monoisotopic (exact) mass is 293 g/mol. The second-order valence-corrected chi connectivity index (χ2v) is 5.43. The van der Waals surface area contributed by atoms with Gasteiger partial charge in [-0.05, 0) is 37.5 Å². The van der Waals surface area contributed by atoms with E-state index < -0.39 is 11.7 Å². The highest BCUT2D eigenvalue weighted by Gasteiger charge is 2.30. The normalized spacial score (nSPS) is 12.2. The van der Waals surface area contributed by atoms with Gasteiger partial charge in [-0.2, -0.15) is 13.2 Å². The number of halogens is 4. The molecule has 0 bridgehead atoms. The molecule has 1 aromatic heterocycles. The van der Waals surface area contributed by atoms with E-state index in [-0.39, 0.29) is 0 Å². The van der Waals surface area contributed by atoms with Crippen LogP contribution in [0.5, 0.6) is 0 Å². The van der Waals surface area contributed by atoms with Crippen LogP contribution in [0.15, 0.2) is 18.2 Å². The molecule has 0 radical (unpaired) electrons. The minimum Gasteiger partial charge on any atom is -0.241 e. The molecule has 18 heavy (non-hydrogen) atoms. The maximum atomic E-state index is 12.5. The SMILES string of the molecule is FC(F)(F)c1ccc2sc(CCCCCl)nc2c1. The van der Waals surface area contributed by atoms with Crippen molar-refractivity contribution in [1.82, 2.24) is 4.98 Å². The van der Waals surface area contributed by atoms with Crippen molar-refractivity contribution in [2.24, 2.45) is 0 Å². The Morgan fingerprint density at radius 3 is 2.67 bits per heavy atom. The molecule has 0 fully saturated rings. The molecule has 6 heteroatoms. The average molecular weight is 294 g/mol. The highest BCUT2D eigenvalue weighted by molar-refractivity contribution is 7.18. The number of thiazole rings is 1. The number of hydrogen-bond donors (Lipinski definition) is 0. The van der Waals surface area contributed by atoms with Crippen molar-refractivity contribution in [2.75, 3.05) is 5.88 Å². The van der Waals surface area contributed by atoms with Crippen molar-refractivity contribution in [2.45, 2.75) is 25.4 Å². The van der Waals surface area contributed by atoms with E-state index in [4.69, 9.17) is 11.6 Å². The molecule has 0 unspecified atom stereocenters. The summed E-state index contributed by atoms with van der Waals surface area (Å²) >= 11 is 7.02. The van der Waals surface area contributed by atoms with Gasteiger partial charge in [0.05, 0.1) is 20.8 Å². The Hall–Kier alpha value is -0.810. The molecule has 1 nitrogen and oxygen atoms in total. The molecule has 0 saturated heterocycles. The van der Waals surface area contributed by atoms with Gasteiger partial charge in [-0.15, -0.1) is 22.9 Å². The van der Waals surface area contributed by atoms with Gasteiger partial charge in [0.1, 0.15) is 0 Å². The fourth-order valence-corrected chi connectivity index (χ4v) is 2.81. The van der Waals surface area contributed by atoms with E-state index in [1.807, 2.05) is 0 Å². The Morgan fingerprint density at radius 1 is 1.22 bits per heavy atom. The van der Waals surface area contributed by atoms with Crippen LogP contribution in [0.2, 0.25) is 0 Å². The number of benzene rings is 1. The second kappa shape index (κ2) is 5.45. The molecule has 0 aliphatic heterocycles. The first-order valence-electron chi connectivity index (χ1n) is 5.53. The third-order valence-corrected chi connectivity index (χ3v) is 3.90. The lowest BCUT2D eigenvalue weighted by atomic mass is 10.2. The maximum Gasteiger partial charge on any atom is 0.416 e. The summed E-state index contributed by atoms with van der Waals surface area (Å²) in [5.74, 6) is 0.600. The van der Waals surface area contributed by atoms with Gasteiger partial charge in [-0.1, -0.05) is 0 Å². The van der Waals surface area contributed by atoms with Crippen LogP contribution in [0.3, 0.4) is 0 Å². The van der Waals surface area contributed by atoms with E-state index in [0.29, 0.717) is 11.4 Å². The fourth-order valence-electron chi connectivity index (χ4n) is 1.63. The smallest absolute Gasteiger partial charge is 0.241 e. The van der Waals surface area contributed by atoms with E-state index in [1.165, 1.54) is 17.4 Å². The summed E-state index contributed by atoms with van der Waals surface area (Å²) < 4.78 is 38.4. The molecule has 1 aromatic carbocycles. The van der Waals surface area contributed by atoms with Crippen LogP contribution in [-0.2, 0) is 12.6 Å². The van der Waals surface area contributed by atoms with Crippen LogP contribution in [0.4, 0.5) is 13.2 Å². The summed E-state index contributed by atoms with van der Waals surface area (Å²) in [6.45, 7) is 0. The zero-order chi connectivity index (χ0) is 13.2. The maximum absolute atomic E-state index is 12.5. The molecule has 0 N–H and O–H groups in total. The highest BCUT2D eigenvalue weighted by Crippen LogP contribution is 2.33. The van der Waals surface area contributed by atoms with Crippen molar-refractivity contribution in [3.8, 4) is 0 Å². The number of nitrogens with zero attached hydrogens (tertiary/aromatic N) is 1. The van der Waals surface area contributed by atoms with Crippen molar-refractivity contribution >= 4 is 33.2 Å². The van der Waals surface area contributed by atoms with E-state index in [1.54, 1.807) is 0 Å². The van der Waals surface area contributed by atoms with Gasteiger partial charge in [-0.3, -0.25) is 0 Å². The number of aryl methyl sites for hydroxylation is 1. The third kappa shape index (κ3) is 3.14. The van der Waals surface area contributed by atoms with E-state index in [0.717, 1.165) is 41.1 Å². The predicted octanol–water partition coefficient (Wildman–Crippen LogP) is 4.88. The lowest BCUT2D eigenvalue weighted by Crippen LogP contribution is -2.03. The zero-order valence-corrected chi connectivity index (χ0v) is 11.0. The van der Waals surface area contributed by atoms with Gasteiger partial charge >= 0.3 is 6.18 Å². The standard InChI is InChI=1S/C12H11ClF3NS/c13-6-2-1-3-11-17-9-7-8(12(14,15)16)4-5-10(9)18-11/h4-5,7H,1-3,6H2. The average Bonchev–Trinajstić information content (AvgIpc) is 2.69. The van der Waals surface area contributed by atoms with Crippen LogP contribution in [0.25, 0.3) is 10.2 Å². The number of aromatic nitrogens is 1. The lowest BCUT2D eigenvalue weighted by Gasteiger charge is -2.04. The Morgan fingerprint density at radius 2 is 2.00 bits per heavy atom. The molecule has 0 spiro atoms. The van der Waals surface area contributed by atoms with Gasteiger partial charge in [0.2, 0.25) is 0 Å². The first kappa shape index (κ1) is 13.6. The van der Waals surface area contributed by atoms with Crippen molar-refractivity contribution in [3.05, 3.63) is 28.8 Å². The lowest BCUT2D eigenvalue weighted by molar-refractivity contribution is -0.137. The zero-order valence-electron chi connectivity index (χ0n) is 9.43. The predicted molar refractivity (Wildman–Crippen MR) is 68.3 cm³/mol. The van der Waals surface area contributed by atoms with Gasteiger partial charge in [0.15, 0.2) is 0 Å². The summed E-state index contributed by atoms with van der Waals surface area (Å²) in [5, 5.41) is 0.870. The van der Waals surface area contributed by atoms with Gasteiger partial charge in [0.25, 0.3) is 0 Å². The minimum atomic E-state index is -4.31. The third-order valence-electron chi connectivity index (χ3n) is 2.53. The summed E-state index contributed by atoms with van der Waals surface area (Å²) in [6.07, 6.45) is -1.73. The fraction of sp³-hybridized carbons (Fsp3) is 0.417. The van der Waals surface area contributed by atoms with E-state index in [2.05, 4.69) is 4.98 Å². The topological polar surface area (TPSA) is 12.9 Å². The molecule has 0 amide bonds. The molecule has 0 saturated carbocycles. The number of rotatable bonds is 4. The summed E-state index contributed by atoms with van der Waals surface area (Å²) in [4.78, 5) is 4.23. The quantitative estimate of drug-likeness (QED) is 0.578. The number of unbranched alkanes of at least 4 members (excludes halogenated alkanes) is 1. The van der Waals surface area contributed by atoms with Crippen LogP contribution in [0.1, 0.15) is 23.4 Å². The van der Waals surface area contributed by atoms with Crippen LogP contribution < -0.4 is 0 Å². The van der Waals surface area contributed by atoms with Gasteiger partial charge < -0.3 is 0 Å². The molecule has 2 aromatic rings. The van der Waals surface area contributed by atoms with Crippen LogP contribution in [0, 0.1) is 0 Å². The molecular formula is C12H11ClF3NS. The van der Waals surface area contributed by atoms with E-state index in [9.17, 15) is 13.2 Å². The molecule has 2 rings (SSSR count). The summed E-state index contributed by atoms with van der Waals surface area (Å²) in [6, 6.07) is 3.70. The summed E-state index contributed by atoms with van der Waals surface area (Å²) in [5.41, 5.74) is -0.219.